The maximum absolute atomic E-state index is 12.0. The van der Waals surface area contributed by atoms with Gasteiger partial charge in [0.2, 0.25) is 5.91 Å². The van der Waals surface area contributed by atoms with Gasteiger partial charge >= 0.3 is 0 Å². The average Bonchev–Trinajstić information content (AvgIpc) is 2.41. The minimum absolute atomic E-state index is 0.201. The molecule has 0 bridgehead atoms. The summed E-state index contributed by atoms with van der Waals surface area (Å²) in [5.41, 5.74) is 5.86. The molecule has 2 fully saturated rings. The fourth-order valence-electron chi connectivity index (χ4n) is 2.93. The van der Waals surface area contributed by atoms with Crippen LogP contribution in [0.4, 0.5) is 0 Å². The maximum Gasteiger partial charge on any atom is 0.223 e. The first-order valence-electron chi connectivity index (χ1n) is 7.59. The Morgan fingerprint density at radius 1 is 1.16 bits per heavy atom. The molecular weight excluding hydrogens is 240 g/mol. The summed E-state index contributed by atoms with van der Waals surface area (Å²) in [5, 5.41) is 3.09. The van der Waals surface area contributed by atoms with Crippen molar-refractivity contribution in [1.82, 2.24) is 15.1 Å². The molecule has 2 rings (SSSR count). The van der Waals surface area contributed by atoms with Gasteiger partial charge in [-0.3, -0.25) is 9.69 Å². The van der Waals surface area contributed by atoms with Crippen molar-refractivity contribution in [3.8, 4) is 0 Å². The zero-order valence-corrected chi connectivity index (χ0v) is 12.1. The van der Waals surface area contributed by atoms with Crippen LogP contribution >= 0.6 is 0 Å². The summed E-state index contributed by atoms with van der Waals surface area (Å²) in [7, 11) is 2.16. The normalized spacial score (nSPS) is 30.2. The summed E-state index contributed by atoms with van der Waals surface area (Å²) >= 11 is 0. The quantitative estimate of drug-likeness (QED) is 0.745. The highest BCUT2D eigenvalue weighted by molar-refractivity contribution is 5.78. The maximum atomic E-state index is 12.0. The van der Waals surface area contributed by atoms with Gasteiger partial charge in [0.15, 0.2) is 0 Å². The van der Waals surface area contributed by atoms with Gasteiger partial charge in [-0.2, -0.15) is 0 Å². The first-order valence-corrected chi connectivity index (χ1v) is 7.59. The molecule has 0 spiro atoms. The highest BCUT2D eigenvalue weighted by Gasteiger charge is 2.24. The van der Waals surface area contributed by atoms with Crippen molar-refractivity contribution in [3.05, 3.63) is 0 Å². The first kappa shape index (κ1) is 14.8. The van der Waals surface area contributed by atoms with Crippen molar-refractivity contribution in [2.75, 3.05) is 46.3 Å². The summed E-state index contributed by atoms with van der Waals surface area (Å²) in [6.07, 6.45) is 3.91. The Hall–Kier alpha value is -0.650. The smallest absolute Gasteiger partial charge is 0.223 e. The zero-order valence-electron chi connectivity index (χ0n) is 12.1. The molecule has 110 valence electrons. The Morgan fingerprint density at radius 2 is 1.79 bits per heavy atom. The van der Waals surface area contributed by atoms with E-state index in [4.69, 9.17) is 5.73 Å². The Morgan fingerprint density at radius 3 is 2.42 bits per heavy atom. The van der Waals surface area contributed by atoms with Gasteiger partial charge in [-0.15, -0.1) is 0 Å². The number of carbonyl (C=O) groups is 1. The van der Waals surface area contributed by atoms with Crippen LogP contribution in [0.15, 0.2) is 0 Å². The summed E-state index contributed by atoms with van der Waals surface area (Å²) in [5.74, 6) is 0.438. The lowest BCUT2D eigenvalue weighted by Crippen LogP contribution is -2.47. The van der Waals surface area contributed by atoms with E-state index >= 15 is 0 Å². The molecule has 1 aliphatic heterocycles. The number of rotatable bonds is 4. The third-order valence-electron chi connectivity index (χ3n) is 4.47. The molecule has 19 heavy (non-hydrogen) atoms. The molecule has 1 aliphatic carbocycles. The van der Waals surface area contributed by atoms with E-state index in [1.165, 1.54) is 0 Å². The van der Waals surface area contributed by atoms with E-state index in [0.717, 1.165) is 65.0 Å². The topological polar surface area (TPSA) is 61.6 Å². The Balaban J connectivity index is 1.59. The fourth-order valence-corrected chi connectivity index (χ4v) is 2.93. The second-order valence-corrected chi connectivity index (χ2v) is 6.05. The molecular formula is C14H28N4O. The number of nitrogens with zero attached hydrogens (tertiary/aromatic N) is 2. The number of nitrogens with two attached hydrogens (primary N) is 1. The second-order valence-electron chi connectivity index (χ2n) is 6.05. The SMILES string of the molecule is CN1CCN(CCNC(=O)C2CCC(N)CC2)CC1. The number of hydrogen-bond donors (Lipinski definition) is 2. The molecule has 1 heterocycles. The Labute approximate surface area is 116 Å². The number of amides is 1. The van der Waals surface area contributed by atoms with Crippen LogP contribution in [0.2, 0.25) is 0 Å². The summed E-state index contributed by atoms with van der Waals surface area (Å²) in [6.45, 7) is 6.26. The fraction of sp³-hybridized carbons (Fsp3) is 0.929. The van der Waals surface area contributed by atoms with Crippen LogP contribution in [0, 0.1) is 5.92 Å². The van der Waals surface area contributed by atoms with Gasteiger partial charge in [0.05, 0.1) is 0 Å². The molecule has 1 saturated heterocycles. The van der Waals surface area contributed by atoms with Gasteiger partial charge in [0, 0.05) is 51.2 Å². The second kappa shape index (κ2) is 7.22. The van der Waals surface area contributed by atoms with Crippen molar-refractivity contribution in [2.24, 2.45) is 11.7 Å². The molecule has 0 aromatic heterocycles. The van der Waals surface area contributed by atoms with Crippen LogP contribution in [0.1, 0.15) is 25.7 Å². The van der Waals surface area contributed by atoms with E-state index in [9.17, 15) is 4.79 Å². The van der Waals surface area contributed by atoms with Gasteiger partial charge in [0.1, 0.15) is 0 Å². The number of carbonyl (C=O) groups excluding carboxylic acids is 1. The highest BCUT2D eigenvalue weighted by atomic mass is 16.1. The van der Waals surface area contributed by atoms with Gasteiger partial charge in [0.25, 0.3) is 0 Å². The molecule has 1 saturated carbocycles. The van der Waals surface area contributed by atoms with Crippen molar-refractivity contribution in [2.45, 2.75) is 31.7 Å². The van der Waals surface area contributed by atoms with Gasteiger partial charge < -0.3 is 16.0 Å². The van der Waals surface area contributed by atoms with Gasteiger partial charge in [-0.05, 0) is 32.7 Å². The molecule has 0 radical (unpaired) electrons. The third kappa shape index (κ3) is 4.75. The number of hydrogen-bond acceptors (Lipinski definition) is 4. The molecule has 0 atom stereocenters. The van der Waals surface area contributed by atoms with E-state index in [2.05, 4.69) is 22.2 Å². The van der Waals surface area contributed by atoms with Crippen LogP contribution in [-0.2, 0) is 4.79 Å². The molecule has 1 amide bonds. The van der Waals surface area contributed by atoms with Gasteiger partial charge in [-0.25, -0.2) is 0 Å². The third-order valence-corrected chi connectivity index (χ3v) is 4.47. The summed E-state index contributed by atoms with van der Waals surface area (Å²) in [6, 6.07) is 0.314. The van der Waals surface area contributed by atoms with Gasteiger partial charge in [-0.1, -0.05) is 0 Å². The molecule has 5 heteroatoms. The molecule has 5 nitrogen and oxygen atoms in total. The van der Waals surface area contributed by atoms with Crippen molar-refractivity contribution >= 4 is 5.91 Å². The van der Waals surface area contributed by atoms with Crippen molar-refractivity contribution in [1.29, 1.82) is 0 Å². The van der Waals surface area contributed by atoms with E-state index in [0.29, 0.717) is 6.04 Å². The van der Waals surface area contributed by atoms with E-state index in [1.807, 2.05) is 0 Å². The number of piperazine rings is 1. The van der Waals surface area contributed by atoms with E-state index in [-0.39, 0.29) is 11.8 Å². The van der Waals surface area contributed by atoms with Crippen LogP contribution in [0.3, 0.4) is 0 Å². The van der Waals surface area contributed by atoms with E-state index < -0.39 is 0 Å². The molecule has 0 aromatic rings. The summed E-state index contributed by atoms with van der Waals surface area (Å²) in [4.78, 5) is 16.8. The monoisotopic (exact) mass is 268 g/mol. The standard InChI is InChI=1S/C14H28N4O/c1-17-8-10-18(11-9-17)7-6-16-14(19)12-2-4-13(15)5-3-12/h12-13H,2-11,15H2,1H3,(H,16,19). The van der Waals surface area contributed by atoms with Crippen molar-refractivity contribution in [3.63, 3.8) is 0 Å². The average molecular weight is 268 g/mol. The molecule has 0 aromatic carbocycles. The molecule has 3 N–H and O–H groups in total. The predicted octanol–water partition coefficient (Wildman–Crippen LogP) is -0.132. The lowest BCUT2D eigenvalue weighted by Gasteiger charge is -2.32. The van der Waals surface area contributed by atoms with Crippen LogP contribution in [0.25, 0.3) is 0 Å². The molecule has 0 unspecified atom stereocenters. The summed E-state index contributed by atoms with van der Waals surface area (Å²) < 4.78 is 0. The number of nitrogens with one attached hydrogen (secondary N) is 1. The minimum atomic E-state index is 0.201. The molecule has 2 aliphatic rings. The minimum Gasteiger partial charge on any atom is -0.355 e. The lowest BCUT2D eigenvalue weighted by atomic mass is 9.86. The van der Waals surface area contributed by atoms with E-state index in [1.54, 1.807) is 0 Å². The Kier molecular flexibility index (Phi) is 5.60. The number of likely N-dealkylation sites (N-methyl/N-ethyl adjacent to an activating group) is 1. The predicted molar refractivity (Wildman–Crippen MR) is 76.9 cm³/mol. The zero-order chi connectivity index (χ0) is 13.7. The Bertz CT molecular complexity index is 281. The van der Waals surface area contributed by atoms with Crippen LogP contribution in [0.5, 0.6) is 0 Å². The lowest BCUT2D eigenvalue weighted by molar-refractivity contribution is -0.126. The largest absolute Gasteiger partial charge is 0.355 e. The van der Waals surface area contributed by atoms with Crippen LogP contribution < -0.4 is 11.1 Å². The van der Waals surface area contributed by atoms with Crippen LogP contribution in [-0.4, -0.2) is 68.1 Å². The first-order chi connectivity index (χ1) is 9.15. The highest BCUT2D eigenvalue weighted by Crippen LogP contribution is 2.22. The van der Waals surface area contributed by atoms with Crippen molar-refractivity contribution < 1.29 is 4.79 Å².